The number of nitrogens with one attached hydrogen (secondary N) is 1. The quantitative estimate of drug-likeness (QED) is 0.808. The van der Waals surface area contributed by atoms with Crippen molar-refractivity contribution in [1.82, 2.24) is 9.78 Å². The Labute approximate surface area is 90.7 Å². The molecule has 0 aliphatic carbocycles. The average molecular weight is 225 g/mol. The molecular weight excluding hydrogens is 216 g/mol. The molecule has 0 aliphatic heterocycles. The van der Waals surface area contributed by atoms with E-state index in [1.54, 1.807) is 24.3 Å². The first-order chi connectivity index (χ1) is 7.20. The van der Waals surface area contributed by atoms with Gasteiger partial charge in [-0.15, -0.1) is 0 Å². The number of H-pyrrole nitrogens is 1. The van der Waals surface area contributed by atoms with Crippen LogP contribution in [0.2, 0.25) is 5.02 Å². The van der Waals surface area contributed by atoms with E-state index in [0.717, 1.165) is 5.69 Å². The predicted octanol–water partition coefficient (Wildman–Crippen LogP) is 1.31. The van der Waals surface area contributed by atoms with E-state index in [-0.39, 0.29) is 12.2 Å². The summed E-state index contributed by atoms with van der Waals surface area (Å²) in [6, 6.07) is 8.32. The second-order valence-electron chi connectivity index (χ2n) is 3.08. The van der Waals surface area contributed by atoms with Gasteiger partial charge in [-0.3, -0.25) is 14.6 Å². The summed E-state index contributed by atoms with van der Waals surface area (Å²) in [5.74, 6) is 0. The van der Waals surface area contributed by atoms with Crippen LogP contribution >= 0.6 is 11.6 Å². The monoisotopic (exact) mass is 224 g/mol. The molecule has 0 bridgehead atoms. The van der Waals surface area contributed by atoms with Crippen molar-refractivity contribution in [2.75, 3.05) is 0 Å². The maximum Gasteiger partial charge on any atom is 0.264 e. The molecule has 1 aromatic carbocycles. The number of rotatable bonds is 2. The zero-order valence-electron chi connectivity index (χ0n) is 7.77. The highest BCUT2D eigenvalue weighted by molar-refractivity contribution is 6.30. The second kappa shape index (κ2) is 3.92. The highest BCUT2D eigenvalue weighted by atomic mass is 35.5. The van der Waals surface area contributed by atoms with Crippen molar-refractivity contribution in [1.29, 1.82) is 0 Å². The summed E-state index contributed by atoms with van der Waals surface area (Å²) >= 11 is 5.75. The minimum atomic E-state index is -0.242. The summed E-state index contributed by atoms with van der Waals surface area (Å²) in [5.41, 5.74) is 1.03. The van der Waals surface area contributed by atoms with Gasteiger partial charge in [0.1, 0.15) is 0 Å². The van der Waals surface area contributed by atoms with Gasteiger partial charge in [-0.05, 0) is 24.3 Å². The molecule has 15 heavy (non-hydrogen) atoms. The zero-order chi connectivity index (χ0) is 10.8. The highest BCUT2D eigenvalue weighted by Crippen LogP contribution is 2.13. The van der Waals surface area contributed by atoms with Crippen LogP contribution in [0.1, 0.15) is 5.69 Å². The lowest BCUT2D eigenvalue weighted by atomic mass is 10.3. The number of nitrogens with zero attached hydrogens (tertiary/aromatic N) is 1. The van der Waals surface area contributed by atoms with Crippen LogP contribution in [0.4, 0.5) is 0 Å². The Balaban J connectivity index is 2.53. The third-order valence-electron chi connectivity index (χ3n) is 2.05. The van der Waals surface area contributed by atoms with E-state index in [9.17, 15) is 4.79 Å². The molecule has 0 radical (unpaired) electrons. The molecule has 0 atom stereocenters. The molecule has 0 saturated carbocycles. The van der Waals surface area contributed by atoms with Gasteiger partial charge in [0.2, 0.25) is 0 Å². The normalized spacial score (nSPS) is 10.5. The zero-order valence-corrected chi connectivity index (χ0v) is 8.53. The number of hydrogen-bond donors (Lipinski definition) is 2. The van der Waals surface area contributed by atoms with E-state index in [1.165, 1.54) is 10.7 Å². The summed E-state index contributed by atoms with van der Waals surface area (Å²) in [7, 11) is 0. The van der Waals surface area contributed by atoms with Crippen molar-refractivity contribution in [2.24, 2.45) is 0 Å². The Morgan fingerprint density at radius 2 is 2.00 bits per heavy atom. The summed E-state index contributed by atoms with van der Waals surface area (Å²) in [6.45, 7) is -0.193. The summed E-state index contributed by atoms with van der Waals surface area (Å²) < 4.78 is 1.53. The molecule has 0 fully saturated rings. The van der Waals surface area contributed by atoms with E-state index in [2.05, 4.69) is 5.10 Å². The predicted molar refractivity (Wildman–Crippen MR) is 57.3 cm³/mol. The van der Waals surface area contributed by atoms with Gasteiger partial charge in [0.05, 0.1) is 18.0 Å². The van der Waals surface area contributed by atoms with Crippen molar-refractivity contribution in [3.63, 3.8) is 0 Å². The summed E-state index contributed by atoms with van der Waals surface area (Å²) in [4.78, 5) is 11.1. The van der Waals surface area contributed by atoms with Crippen molar-refractivity contribution in [3.05, 3.63) is 51.4 Å². The lowest BCUT2D eigenvalue weighted by molar-refractivity contribution is 0.273. The highest BCUT2D eigenvalue weighted by Gasteiger charge is 2.04. The first-order valence-corrected chi connectivity index (χ1v) is 4.76. The van der Waals surface area contributed by atoms with Crippen molar-refractivity contribution >= 4 is 11.6 Å². The van der Waals surface area contributed by atoms with Crippen LogP contribution in [0.5, 0.6) is 0 Å². The minimum absolute atomic E-state index is 0.193. The molecule has 78 valence electrons. The van der Waals surface area contributed by atoms with Gasteiger partial charge in [0, 0.05) is 11.1 Å². The molecule has 0 amide bonds. The van der Waals surface area contributed by atoms with E-state index >= 15 is 0 Å². The molecule has 4 nitrogen and oxygen atoms in total. The van der Waals surface area contributed by atoms with Crippen LogP contribution in [0.3, 0.4) is 0 Å². The van der Waals surface area contributed by atoms with Crippen LogP contribution in [-0.4, -0.2) is 14.9 Å². The van der Waals surface area contributed by atoms with Crippen LogP contribution in [0.25, 0.3) is 5.69 Å². The first kappa shape index (κ1) is 10.0. The van der Waals surface area contributed by atoms with Crippen LogP contribution < -0.4 is 5.56 Å². The number of hydrogen-bond acceptors (Lipinski definition) is 2. The average Bonchev–Trinajstić information content (AvgIpc) is 2.61. The third-order valence-corrected chi connectivity index (χ3v) is 2.31. The van der Waals surface area contributed by atoms with Crippen molar-refractivity contribution < 1.29 is 5.11 Å². The van der Waals surface area contributed by atoms with Crippen LogP contribution in [-0.2, 0) is 6.61 Å². The molecular formula is C10H9ClN2O2. The Kier molecular flexibility index (Phi) is 2.62. The number of aliphatic hydroxyl groups excluding tert-OH is 1. The van der Waals surface area contributed by atoms with E-state index in [1.807, 2.05) is 0 Å². The van der Waals surface area contributed by atoms with E-state index < -0.39 is 0 Å². The van der Waals surface area contributed by atoms with Crippen molar-refractivity contribution in [3.8, 4) is 5.69 Å². The van der Waals surface area contributed by atoms with Gasteiger partial charge in [0.15, 0.2) is 0 Å². The maximum atomic E-state index is 11.1. The van der Waals surface area contributed by atoms with Gasteiger partial charge in [-0.1, -0.05) is 11.6 Å². The topological polar surface area (TPSA) is 58.0 Å². The molecule has 5 heteroatoms. The summed E-state index contributed by atoms with van der Waals surface area (Å²) in [5, 5.41) is 12.3. The standard InChI is InChI=1S/C10H9ClN2O2/c11-7-1-3-8(4-2-7)13-9(6-14)5-10(15)12-13/h1-5,14H,6H2,(H,12,15). The first-order valence-electron chi connectivity index (χ1n) is 4.38. The Bertz CT molecular complexity index is 513. The van der Waals surface area contributed by atoms with E-state index in [0.29, 0.717) is 10.7 Å². The smallest absolute Gasteiger partial charge is 0.264 e. The fourth-order valence-corrected chi connectivity index (χ4v) is 1.49. The van der Waals surface area contributed by atoms with Crippen molar-refractivity contribution in [2.45, 2.75) is 6.61 Å². The Hall–Kier alpha value is -1.52. The molecule has 1 aromatic heterocycles. The third kappa shape index (κ3) is 1.95. The Morgan fingerprint density at radius 1 is 1.33 bits per heavy atom. The lowest BCUT2D eigenvalue weighted by Gasteiger charge is -2.05. The number of aromatic amines is 1. The molecule has 2 N–H and O–H groups in total. The van der Waals surface area contributed by atoms with Crippen LogP contribution in [0, 0.1) is 0 Å². The van der Waals surface area contributed by atoms with E-state index in [4.69, 9.17) is 16.7 Å². The number of aromatic nitrogens is 2. The van der Waals surface area contributed by atoms with Gasteiger partial charge >= 0.3 is 0 Å². The van der Waals surface area contributed by atoms with Gasteiger partial charge in [0.25, 0.3) is 5.56 Å². The Morgan fingerprint density at radius 3 is 2.60 bits per heavy atom. The van der Waals surface area contributed by atoms with Gasteiger partial charge < -0.3 is 5.11 Å². The molecule has 0 unspecified atom stereocenters. The van der Waals surface area contributed by atoms with Crippen LogP contribution in [0.15, 0.2) is 35.1 Å². The molecule has 0 aliphatic rings. The minimum Gasteiger partial charge on any atom is -0.390 e. The lowest BCUT2D eigenvalue weighted by Crippen LogP contribution is -2.05. The second-order valence-corrected chi connectivity index (χ2v) is 3.52. The maximum absolute atomic E-state index is 11.1. The fraction of sp³-hybridized carbons (Fsp3) is 0.100. The molecule has 0 saturated heterocycles. The molecule has 2 aromatic rings. The fourth-order valence-electron chi connectivity index (χ4n) is 1.37. The molecule has 1 heterocycles. The van der Waals surface area contributed by atoms with Gasteiger partial charge in [-0.2, -0.15) is 0 Å². The largest absolute Gasteiger partial charge is 0.390 e. The summed E-state index contributed by atoms with van der Waals surface area (Å²) in [6.07, 6.45) is 0. The number of benzene rings is 1. The SMILES string of the molecule is O=c1cc(CO)n(-c2ccc(Cl)cc2)[nH]1. The molecule has 0 spiro atoms. The van der Waals surface area contributed by atoms with Gasteiger partial charge in [-0.25, -0.2) is 0 Å². The number of halogens is 1. The number of aliphatic hydroxyl groups is 1. The molecule has 2 rings (SSSR count).